The van der Waals surface area contributed by atoms with Gasteiger partial charge in [0.05, 0.1) is 6.61 Å². The summed E-state index contributed by atoms with van der Waals surface area (Å²) in [4.78, 5) is 17.2. The second-order valence-corrected chi connectivity index (χ2v) is 4.35. The molecule has 106 valence electrons. The van der Waals surface area contributed by atoms with Gasteiger partial charge in [-0.1, -0.05) is 18.2 Å². The Kier molecular flexibility index (Phi) is 3.59. The van der Waals surface area contributed by atoms with Gasteiger partial charge in [0.25, 0.3) is 0 Å². The maximum Gasteiger partial charge on any atom is 0.321 e. The Bertz CT molecular complexity index is 770. The third kappa shape index (κ3) is 2.60. The van der Waals surface area contributed by atoms with Gasteiger partial charge < -0.3 is 10.1 Å². The fourth-order valence-corrected chi connectivity index (χ4v) is 2.09. The summed E-state index contributed by atoms with van der Waals surface area (Å²) in [5, 5.41) is 5.01. The zero-order valence-corrected chi connectivity index (χ0v) is 11.9. The Labute approximate surface area is 122 Å². The molecule has 0 bridgehead atoms. The van der Waals surface area contributed by atoms with Crippen molar-refractivity contribution in [2.75, 3.05) is 19.0 Å². The summed E-state index contributed by atoms with van der Waals surface area (Å²) >= 11 is 0. The number of hydrogen-bond donors (Lipinski definition) is 1. The summed E-state index contributed by atoms with van der Waals surface area (Å²) in [6.07, 6.45) is 3.58. The normalized spacial score (nSPS) is 10.6. The van der Waals surface area contributed by atoms with Crippen molar-refractivity contribution in [2.24, 2.45) is 0 Å². The standard InChI is InChI=1S/C15H15N5O/c1-3-21-15-19-13(18-14(16-2)20-15)11-6-4-5-10-7-8-17-9-12(10)11/h4-9H,3H2,1-2H3,(H,16,18,19,20). The maximum atomic E-state index is 5.40. The lowest BCUT2D eigenvalue weighted by Crippen LogP contribution is -2.05. The smallest absolute Gasteiger partial charge is 0.321 e. The predicted molar refractivity (Wildman–Crippen MR) is 81.3 cm³/mol. The summed E-state index contributed by atoms with van der Waals surface area (Å²) in [7, 11) is 1.76. The van der Waals surface area contributed by atoms with Crippen LogP contribution in [0.1, 0.15) is 6.92 Å². The lowest BCUT2D eigenvalue weighted by molar-refractivity contribution is 0.312. The average molecular weight is 281 g/mol. The SMILES string of the molecule is CCOc1nc(NC)nc(-c2cccc3ccncc23)n1. The molecule has 0 atom stereocenters. The summed E-state index contributed by atoms with van der Waals surface area (Å²) < 4.78 is 5.40. The van der Waals surface area contributed by atoms with Crippen LogP contribution >= 0.6 is 0 Å². The lowest BCUT2D eigenvalue weighted by atomic mass is 10.1. The molecule has 1 aromatic carbocycles. The second kappa shape index (κ2) is 5.70. The van der Waals surface area contributed by atoms with E-state index < -0.39 is 0 Å². The lowest BCUT2D eigenvalue weighted by Gasteiger charge is -2.08. The van der Waals surface area contributed by atoms with E-state index in [1.54, 1.807) is 13.2 Å². The fourth-order valence-electron chi connectivity index (χ4n) is 2.09. The van der Waals surface area contributed by atoms with Crippen molar-refractivity contribution in [3.8, 4) is 17.4 Å². The zero-order valence-electron chi connectivity index (χ0n) is 11.9. The highest BCUT2D eigenvalue weighted by Gasteiger charge is 2.11. The molecule has 0 aliphatic carbocycles. The van der Waals surface area contributed by atoms with E-state index in [4.69, 9.17) is 4.74 Å². The van der Waals surface area contributed by atoms with Gasteiger partial charge in [-0.2, -0.15) is 15.0 Å². The van der Waals surface area contributed by atoms with Crippen molar-refractivity contribution in [3.05, 3.63) is 36.7 Å². The molecule has 0 unspecified atom stereocenters. The number of anilines is 1. The van der Waals surface area contributed by atoms with Crippen molar-refractivity contribution in [3.63, 3.8) is 0 Å². The molecule has 0 spiro atoms. The Balaban J connectivity index is 2.20. The number of ether oxygens (including phenoxy) is 1. The number of benzene rings is 1. The number of hydrogen-bond acceptors (Lipinski definition) is 6. The van der Waals surface area contributed by atoms with Crippen LogP contribution in [0.3, 0.4) is 0 Å². The van der Waals surface area contributed by atoms with Gasteiger partial charge in [0.15, 0.2) is 5.82 Å². The minimum atomic E-state index is 0.313. The highest BCUT2D eigenvalue weighted by atomic mass is 16.5. The van der Waals surface area contributed by atoms with Crippen molar-refractivity contribution in [2.45, 2.75) is 6.92 Å². The van der Waals surface area contributed by atoms with Crippen LogP contribution in [0.5, 0.6) is 6.01 Å². The monoisotopic (exact) mass is 281 g/mol. The van der Waals surface area contributed by atoms with Crippen LogP contribution in [0.15, 0.2) is 36.7 Å². The Morgan fingerprint density at radius 3 is 2.86 bits per heavy atom. The second-order valence-electron chi connectivity index (χ2n) is 4.35. The first-order chi connectivity index (χ1) is 10.3. The zero-order chi connectivity index (χ0) is 14.7. The molecule has 0 aliphatic rings. The van der Waals surface area contributed by atoms with E-state index in [-0.39, 0.29) is 0 Å². The van der Waals surface area contributed by atoms with E-state index in [2.05, 4.69) is 25.3 Å². The number of rotatable bonds is 4. The maximum absolute atomic E-state index is 5.40. The molecule has 0 saturated carbocycles. The predicted octanol–water partition coefficient (Wildman–Crippen LogP) is 2.53. The van der Waals surface area contributed by atoms with Gasteiger partial charge in [-0.3, -0.25) is 4.98 Å². The van der Waals surface area contributed by atoms with Gasteiger partial charge in [-0.25, -0.2) is 0 Å². The van der Waals surface area contributed by atoms with E-state index in [1.165, 1.54) is 0 Å². The molecule has 0 saturated heterocycles. The molecule has 6 nitrogen and oxygen atoms in total. The van der Waals surface area contributed by atoms with Gasteiger partial charge >= 0.3 is 6.01 Å². The van der Waals surface area contributed by atoms with E-state index in [0.29, 0.717) is 24.4 Å². The molecule has 0 aliphatic heterocycles. The highest BCUT2D eigenvalue weighted by molar-refractivity contribution is 5.94. The molecule has 0 radical (unpaired) electrons. The molecule has 2 heterocycles. The minimum absolute atomic E-state index is 0.313. The van der Waals surface area contributed by atoms with E-state index >= 15 is 0 Å². The van der Waals surface area contributed by atoms with Crippen molar-refractivity contribution in [1.29, 1.82) is 0 Å². The van der Waals surface area contributed by atoms with Crippen LogP contribution in [0.25, 0.3) is 22.2 Å². The Morgan fingerprint density at radius 1 is 1.14 bits per heavy atom. The number of aromatic nitrogens is 4. The van der Waals surface area contributed by atoms with Crippen molar-refractivity contribution in [1.82, 2.24) is 19.9 Å². The number of nitrogens with zero attached hydrogens (tertiary/aromatic N) is 4. The molecule has 2 aromatic heterocycles. The highest BCUT2D eigenvalue weighted by Crippen LogP contribution is 2.26. The fraction of sp³-hybridized carbons (Fsp3) is 0.200. The molecule has 0 fully saturated rings. The molecule has 6 heteroatoms. The first-order valence-electron chi connectivity index (χ1n) is 6.71. The van der Waals surface area contributed by atoms with Gasteiger partial charge in [0.1, 0.15) is 0 Å². The van der Waals surface area contributed by atoms with Gasteiger partial charge in [0, 0.05) is 30.4 Å². The van der Waals surface area contributed by atoms with Crippen LogP contribution in [0.2, 0.25) is 0 Å². The summed E-state index contributed by atoms with van der Waals surface area (Å²) in [5.41, 5.74) is 0.903. The third-order valence-corrected chi connectivity index (χ3v) is 3.04. The number of fused-ring (bicyclic) bond motifs is 1. The van der Waals surface area contributed by atoms with Crippen LogP contribution < -0.4 is 10.1 Å². The van der Waals surface area contributed by atoms with Crippen molar-refractivity contribution >= 4 is 16.7 Å². The van der Waals surface area contributed by atoms with Crippen LogP contribution in [-0.2, 0) is 0 Å². The average Bonchev–Trinajstić information content (AvgIpc) is 2.54. The first kappa shape index (κ1) is 13.2. The van der Waals surface area contributed by atoms with Gasteiger partial charge in [-0.05, 0) is 18.4 Å². The molecule has 3 rings (SSSR count). The number of nitrogens with one attached hydrogen (secondary N) is 1. The number of pyridine rings is 1. The van der Waals surface area contributed by atoms with E-state index in [9.17, 15) is 0 Å². The van der Waals surface area contributed by atoms with Crippen LogP contribution in [-0.4, -0.2) is 33.6 Å². The van der Waals surface area contributed by atoms with Crippen LogP contribution in [0.4, 0.5) is 5.95 Å². The molecular weight excluding hydrogens is 266 g/mol. The summed E-state index contributed by atoms with van der Waals surface area (Å²) in [6, 6.07) is 8.25. The Hall–Kier alpha value is -2.76. The van der Waals surface area contributed by atoms with Crippen molar-refractivity contribution < 1.29 is 4.74 Å². The van der Waals surface area contributed by atoms with Crippen LogP contribution in [0, 0.1) is 0 Å². The molecular formula is C15H15N5O. The Morgan fingerprint density at radius 2 is 2.05 bits per heavy atom. The largest absolute Gasteiger partial charge is 0.464 e. The summed E-state index contributed by atoms with van der Waals surface area (Å²) in [5.74, 6) is 1.04. The van der Waals surface area contributed by atoms with Gasteiger partial charge in [-0.15, -0.1) is 0 Å². The molecule has 0 amide bonds. The van der Waals surface area contributed by atoms with Gasteiger partial charge in [0.2, 0.25) is 5.95 Å². The quantitative estimate of drug-likeness (QED) is 0.792. The molecule has 3 aromatic rings. The molecule has 21 heavy (non-hydrogen) atoms. The summed E-state index contributed by atoms with van der Waals surface area (Å²) in [6.45, 7) is 2.40. The van der Waals surface area contributed by atoms with E-state index in [1.807, 2.05) is 37.4 Å². The topological polar surface area (TPSA) is 72.8 Å². The first-order valence-corrected chi connectivity index (χ1v) is 6.71. The minimum Gasteiger partial charge on any atom is -0.464 e. The molecule has 1 N–H and O–H groups in total. The van der Waals surface area contributed by atoms with E-state index in [0.717, 1.165) is 16.3 Å². The third-order valence-electron chi connectivity index (χ3n) is 3.04.